The number of carbonyl (C=O) groups excluding carboxylic acids is 1. The Kier molecular flexibility index (Phi) is 8.37. The molecule has 0 aromatic carbocycles. The fourth-order valence-corrected chi connectivity index (χ4v) is 3.91. The molecule has 0 aromatic rings. The van der Waals surface area contributed by atoms with Crippen LogP contribution in [-0.4, -0.2) is 42.8 Å². The molecule has 0 bridgehead atoms. The van der Waals surface area contributed by atoms with Crippen molar-refractivity contribution in [3.05, 3.63) is 0 Å². The number of amides is 1. The Bertz CT molecular complexity index is 562. The molecule has 1 N–H and O–H groups in total. The molecule has 6 heteroatoms. The average molecular weight is 391 g/mol. The van der Waals surface area contributed by atoms with Gasteiger partial charge in [0.25, 0.3) is 0 Å². The van der Waals surface area contributed by atoms with Gasteiger partial charge in [-0.2, -0.15) is 0 Å². The van der Waals surface area contributed by atoms with E-state index < -0.39 is 5.60 Å². The number of rotatable bonds is 0. The first-order valence-electron chi connectivity index (χ1n) is 8.46. The first-order chi connectivity index (χ1) is 10.9. The van der Waals surface area contributed by atoms with E-state index in [0.717, 1.165) is 24.9 Å². The van der Waals surface area contributed by atoms with Crippen LogP contribution in [0.3, 0.4) is 0 Å². The summed E-state index contributed by atoms with van der Waals surface area (Å²) in [4.78, 5) is 13.4. The van der Waals surface area contributed by atoms with Crippen molar-refractivity contribution < 1.29 is 62.3 Å². The number of ether oxygens (including phenoxy) is 1. The van der Waals surface area contributed by atoms with Crippen LogP contribution >= 0.6 is 12.4 Å². The maximum atomic E-state index is 11.7. The van der Waals surface area contributed by atoms with E-state index in [0.29, 0.717) is 23.7 Å². The standard InChI is InChI=1S/C12H17NO2.C7H9N.ClH.K.H/c1-5-8-9-6-13(7-10(8)9)11(14)15-12(2,3)4;1-2-5-6-3-8-4-7(5)6;;;/h1,8-10H,6-7H2,2-4H3;1,5-8H,3-4H2;1H;;/q;;;+1;-1/t8?,9-,10+;5?,6-,7+;;;. The van der Waals surface area contributed by atoms with Gasteiger partial charge in [-0.1, -0.05) is 0 Å². The van der Waals surface area contributed by atoms with E-state index in [1.165, 1.54) is 13.1 Å². The Balaban J connectivity index is 0.000000489. The minimum Gasteiger partial charge on any atom is -1.00 e. The van der Waals surface area contributed by atoms with Crippen LogP contribution in [0, 0.1) is 60.2 Å². The van der Waals surface area contributed by atoms with E-state index >= 15 is 0 Å². The molecule has 4 fully saturated rings. The van der Waals surface area contributed by atoms with E-state index in [1.807, 2.05) is 20.8 Å². The molecule has 2 aliphatic heterocycles. The van der Waals surface area contributed by atoms with Crippen molar-refractivity contribution in [2.75, 3.05) is 26.2 Å². The number of halogens is 1. The number of hydrogen-bond acceptors (Lipinski definition) is 3. The van der Waals surface area contributed by atoms with Gasteiger partial charge in [0.2, 0.25) is 0 Å². The number of nitrogens with one attached hydrogen (secondary N) is 1. The number of terminal acetylenes is 2. The molecule has 134 valence electrons. The molecular formula is C19H28ClKN2O2. The molecule has 0 aromatic heterocycles. The molecule has 0 radical (unpaired) electrons. The van der Waals surface area contributed by atoms with Gasteiger partial charge in [-0.15, -0.1) is 37.1 Å². The first-order valence-corrected chi connectivity index (χ1v) is 8.46. The van der Waals surface area contributed by atoms with Crippen molar-refractivity contribution in [1.82, 2.24) is 10.2 Å². The number of carbonyl (C=O) groups is 1. The zero-order chi connectivity index (χ0) is 16.8. The van der Waals surface area contributed by atoms with Crippen LogP contribution in [-0.2, 0) is 4.74 Å². The zero-order valence-electron chi connectivity index (χ0n) is 16.6. The van der Waals surface area contributed by atoms with Crippen LogP contribution in [0.1, 0.15) is 22.2 Å². The second-order valence-electron chi connectivity index (χ2n) is 8.08. The molecule has 2 heterocycles. The fourth-order valence-electron chi connectivity index (χ4n) is 3.91. The minimum atomic E-state index is -0.407. The Morgan fingerprint density at radius 3 is 1.88 bits per heavy atom. The minimum absolute atomic E-state index is 0. The summed E-state index contributed by atoms with van der Waals surface area (Å²) in [5.74, 6) is 9.37. The number of hydrogen-bond donors (Lipinski definition) is 1. The average Bonchev–Trinajstić information content (AvgIpc) is 3.14. The molecule has 2 saturated carbocycles. The predicted molar refractivity (Wildman–Crippen MR) is 97.6 cm³/mol. The molecule has 2 aliphatic carbocycles. The van der Waals surface area contributed by atoms with E-state index in [9.17, 15) is 4.79 Å². The fraction of sp³-hybridized carbons (Fsp3) is 0.737. The van der Waals surface area contributed by atoms with Crippen molar-refractivity contribution in [1.29, 1.82) is 0 Å². The van der Waals surface area contributed by atoms with Gasteiger partial charge in [0.05, 0.1) is 0 Å². The van der Waals surface area contributed by atoms with Crippen molar-refractivity contribution >= 4 is 18.5 Å². The van der Waals surface area contributed by atoms with Crippen molar-refractivity contribution in [2.45, 2.75) is 26.4 Å². The summed E-state index contributed by atoms with van der Waals surface area (Å²) in [5.41, 5.74) is -0.407. The van der Waals surface area contributed by atoms with Crippen LogP contribution in [0.5, 0.6) is 0 Å². The summed E-state index contributed by atoms with van der Waals surface area (Å²) in [6.45, 7) is 9.52. The molecule has 4 rings (SSSR count). The zero-order valence-corrected chi connectivity index (χ0v) is 19.6. The molecule has 1 amide bonds. The third-order valence-corrected chi connectivity index (χ3v) is 5.32. The van der Waals surface area contributed by atoms with Crippen LogP contribution in [0.15, 0.2) is 0 Å². The van der Waals surface area contributed by atoms with Crippen molar-refractivity contribution in [3.8, 4) is 24.7 Å². The van der Waals surface area contributed by atoms with Gasteiger partial charge in [-0.25, -0.2) is 4.79 Å². The summed E-state index contributed by atoms with van der Waals surface area (Å²) >= 11 is 0. The Hall–Kier alpha value is 0.276. The quantitative estimate of drug-likeness (QED) is 0.442. The van der Waals surface area contributed by atoms with Crippen LogP contribution in [0.2, 0.25) is 0 Å². The van der Waals surface area contributed by atoms with Gasteiger partial charge in [0.15, 0.2) is 0 Å². The first kappa shape index (κ1) is 23.3. The number of piperidine rings is 2. The number of nitrogens with zero attached hydrogens (tertiary/aromatic N) is 1. The Morgan fingerprint density at radius 2 is 1.52 bits per heavy atom. The van der Waals surface area contributed by atoms with Crippen molar-refractivity contribution in [3.63, 3.8) is 0 Å². The topological polar surface area (TPSA) is 41.6 Å². The molecule has 25 heavy (non-hydrogen) atoms. The van der Waals surface area contributed by atoms with Crippen LogP contribution in [0.4, 0.5) is 4.79 Å². The smallest absolute Gasteiger partial charge is 1.00 e. The molecular weight excluding hydrogens is 363 g/mol. The van der Waals surface area contributed by atoms with Gasteiger partial charge < -0.3 is 16.4 Å². The monoisotopic (exact) mass is 390 g/mol. The SMILES string of the molecule is C#CC1[C@H]2CN(C(=O)OC(C)(C)C)C[C@@H]12.C#CC1[C@H]2CNC[C@@H]12.Cl.[H-].[K+]. The third kappa shape index (κ3) is 5.39. The molecule has 2 unspecified atom stereocenters. The number of likely N-dealkylation sites (tertiary alicyclic amines) is 1. The van der Waals surface area contributed by atoms with Crippen LogP contribution in [0.25, 0.3) is 0 Å². The predicted octanol–water partition coefficient (Wildman–Crippen LogP) is -0.644. The second kappa shape index (κ2) is 8.98. The van der Waals surface area contributed by atoms with Crippen LogP contribution < -0.4 is 56.7 Å². The number of fused-ring (bicyclic) bond motifs is 2. The second-order valence-corrected chi connectivity index (χ2v) is 8.08. The summed E-state index contributed by atoms with van der Waals surface area (Å²) in [7, 11) is 0. The van der Waals surface area contributed by atoms with E-state index in [4.69, 9.17) is 17.6 Å². The molecule has 4 aliphatic rings. The van der Waals surface area contributed by atoms with Gasteiger partial charge in [0.1, 0.15) is 5.60 Å². The molecule has 6 atom stereocenters. The molecule has 4 nitrogen and oxygen atoms in total. The summed E-state index contributed by atoms with van der Waals surface area (Å²) in [6.07, 6.45) is 10.4. The van der Waals surface area contributed by atoms with E-state index in [2.05, 4.69) is 17.2 Å². The maximum Gasteiger partial charge on any atom is 1.00 e. The van der Waals surface area contributed by atoms with Gasteiger partial charge >= 0.3 is 57.5 Å². The molecule has 0 spiro atoms. The van der Waals surface area contributed by atoms with E-state index in [-0.39, 0.29) is 71.3 Å². The third-order valence-electron chi connectivity index (χ3n) is 5.32. The summed E-state index contributed by atoms with van der Waals surface area (Å²) in [6, 6.07) is 0. The maximum absolute atomic E-state index is 11.7. The van der Waals surface area contributed by atoms with Crippen molar-refractivity contribution in [2.24, 2.45) is 35.5 Å². The molecule has 2 saturated heterocycles. The summed E-state index contributed by atoms with van der Waals surface area (Å²) in [5, 5.41) is 3.29. The van der Waals surface area contributed by atoms with E-state index in [1.54, 1.807) is 4.90 Å². The Labute approximate surface area is 201 Å². The Morgan fingerprint density at radius 1 is 1.08 bits per heavy atom. The largest absolute Gasteiger partial charge is 1.00 e. The summed E-state index contributed by atoms with van der Waals surface area (Å²) < 4.78 is 5.29. The van der Waals surface area contributed by atoms with Gasteiger partial charge in [0, 0.05) is 24.9 Å². The van der Waals surface area contributed by atoms with Gasteiger partial charge in [-0.05, 0) is 57.5 Å². The normalized spacial score (nSPS) is 36.0. The van der Waals surface area contributed by atoms with Gasteiger partial charge in [-0.3, -0.25) is 0 Å².